The van der Waals surface area contributed by atoms with Crippen LogP contribution < -0.4 is 5.32 Å². The third kappa shape index (κ3) is 2.70. The molecule has 2 rings (SSSR count). The van der Waals surface area contributed by atoms with Crippen LogP contribution in [0.3, 0.4) is 0 Å². The van der Waals surface area contributed by atoms with Gasteiger partial charge in [0.1, 0.15) is 0 Å². The molecule has 92 valence electrons. The van der Waals surface area contributed by atoms with Crippen LogP contribution in [-0.4, -0.2) is 16.3 Å². The molecule has 0 aromatic carbocycles. The van der Waals surface area contributed by atoms with E-state index in [1.165, 1.54) is 10.6 Å². The molecule has 2 heterocycles. The Morgan fingerprint density at radius 1 is 1.53 bits per heavy atom. The zero-order chi connectivity index (χ0) is 12.4. The number of rotatable bonds is 4. The van der Waals surface area contributed by atoms with E-state index in [2.05, 4.69) is 29.5 Å². The second-order valence-corrected chi connectivity index (χ2v) is 5.71. The van der Waals surface area contributed by atoms with E-state index >= 15 is 0 Å². The number of nitrogens with one attached hydrogen (secondary N) is 1. The van der Waals surface area contributed by atoms with E-state index in [0.717, 1.165) is 16.6 Å². The van der Waals surface area contributed by atoms with Gasteiger partial charge in [0, 0.05) is 11.9 Å². The van der Waals surface area contributed by atoms with Gasteiger partial charge in [0.25, 0.3) is 0 Å². The Kier molecular flexibility index (Phi) is 3.86. The van der Waals surface area contributed by atoms with Crippen LogP contribution in [0.4, 0.5) is 0 Å². The Labute approximate surface area is 110 Å². The number of hydrogen-bond acceptors (Lipinski definition) is 3. The standard InChI is InChI=1S/C12H16ClN3S/c1-4-14-12(10-5-6-11(13)17-10)9-7-8(2)15-16(9)3/h5-7,12,14H,4H2,1-3H3. The first kappa shape index (κ1) is 12.6. The van der Waals surface area contributed by atoms with Crippen molar-refractivity contribution in [1.82, 2.24) is 15.1 Å². The summed E-state index contributed by atoms with van der Waals surface area (Å²) in [6, 6.07) is 6.29. The molecule has 2 aromatic heterocycles. The van der Waals surface area contributed by atoms with Crippen LogP contribution in [0.5, 0.6) is 0 Å². The fourth-order valence-electron chi connectivity index (χ4n) is 1.94. The van der Waals surface area contributed by atoms with Crippen molar-refractivity contribution in [2.24, 2.45) is 7.05 Å². The van der Waals surface area contributed by atoms with Crippen molar-refractivity contribution in [3.8, 4) is 0 Å². The van der Waals surface area contributed by atoms with Gasteiger partial charge in [0.05, 0.1) is 21.8 Å². The van der Waals surface area contributed by atoms with Crippen molar-refractivity contribution in [2.75, 3.05) is 6.54 Å². The summed E-state index contributed by atoms with van der Waals surface area (Å²) in [6.45, 7) is 5.02. The van der Waals surface area contributed by atoms with Gasteiger partial charge in [-0.2, -0.15) is 5.10 Å². The van der Waals surface area contributed by atoms with E-state index in [0.29, 0.717) is 0 Å². The lowest BCUT2D eigenvalue weighted by Gasteiger charge is -2.16. The summed E-state index contributed by atoms with van der Waals surface area (Å²) >= 11 is 7.62. The number of hydrogen-bond donors (Lipinski definition) is 1. The first-order valence-corrected chi connectivity index (χ1v) is 6.80. The lowest BCUT2D eigenvalue weighted by atomic mass is 10.1. The smallest absolute Gasteiger partial charge is 0.0931 e. The Balaban J connectivity index is 2.38. The van der Waals surface area contributed by atoms with Crippen LogP contribution >= 0.6 is 22.9 Å². The van der Waals surface area contributed by atoms with Crippen molar-refractivity contribution in [3.05, 3.63) is 38.8 Å². The minimum absolute atomic E-state index is 0.170. The SMILES string of the molecule is CCNC(c1ccc(Cl)s1)c1cc(C)nn1C. The number of nitrogens with zero attached hydrogens (tertiary/aromatic N) is 2. The van der Waals surface area contributed by atoms with Gasteiger partial charge in [-0.15, -0.1) is 11.3 Å². The highest BCUT2D eigenvalue weighted by Gasteiger charge is 2.18. The van der Waals surface area contributed by atoms with Crippen LogP contribution in [0.2, 0.25) is 4.34 Å². The van der Waals surface area contributed by atoms with Crippen LogP contribution in [0.1, 0.15) is 29.2 Å². The molecule has 0 radical (unpaired) electrons. The molecule has 0 bridgehead atoms. The zero-order valence-corrected chi connectivity index (χ0v) is 11.8. The molecule has 0 spiro atoms. The molecule has 1 N–H and O–H groups in total. The predicted octanol–water partition coefficient (Wildman–Crippen LogP) is 3.14. The van der Waals surface area contributed by atoms with Crippen molar-refractivity contribution in [2.45, 2.75) is 19.9 Å². The van der Waals surface area contributed by atoms with Gasteiger partial charge in [-0.3, -0.25) is 4.68 Å². The lowest BCUT2D eigenvalue weighted by Crippen LogP contribution is -2.23. The van der Waals surface area contributed by atoms with Gasteiger partial charge >= 0.3 is 0 Å². The second-order valence-electron chi connectivity index (χ2n) is 3.97. The molecule has 3 nitrogen and oxygen atoms in total. The largest absolute Gasteiger partial charge is 0.305 e. The summed E-state index contributed by atoms with van der Waals surface area (Å²) < 4.78 is 2.75. The van der Waals surface area contributed by atoms with Crippen molar-refractivity contribution < 1.29 is 0 Å². The predicted molar refractivity (Wildman–Crippen MR) is 72.8 cm³/mol. The fraction of sp³-hybridized carbons (Fsp3) is 0.417. The average Bonchev–Trinajstić information content (AvgIpc) is 2.82. The third-order valence-electron chi connectivity index (χ3n) is 2.62. The summed E-state index contributed by atoms with van der Waals surface area (Å²) in [5, 5.41) is 7.87. The number of aryl methyl sites for hydroxylation is 2. The molecule has 0 aliphatic carbocycles. The Bertz CT molecular complexity index is 504. The minimum atomic E-state index is 0.170. The maximum absolute atomic E-state index is 6.01. The molecule has 17 heavy (non-hydrogen) atoms. The topological polar surface area (TPSA) is 29.9 Å². The van der Waals surface area contributed by atoms with E-state index in [1.54, 1.807) is 11.3 Å². The second kappa shape index (κ2) is 5.21. The normalized spacial score (nSPS) is 12.9. The first-order valence-electron chi connectivity index (χ1n) is 5.61. The molecule has 0 aliphatic rings. The third-order valence-corrected chi connectivity index (χ3v) is 3.92. The molecule has 2 aromatic rings. The van der Waals surface area contributed by atoms with Crippen LogP contribution in [0.15, 0.2) is 18.2 Å². The summed E-state index contributed by atoms with van der Waals surface area (Å²) in [5.41, 5.74) is 2.20. The van der Waals surface area contributed by atoms with Crippen molar-refractivity contribution >= 4 is 22.9 Å². The van der Waals surface area contributed by atoms with E-state index < -0.39 is 0 Å². The van der Waals surface area contributed by atoms with E-state index in [9.17, 15) is 0 Å². The molecule has 0 aliphatic heterocycles. The zero-order valence-electron chi connectivity index (χ0n) is 10.2. The maximum atomic E-state index is 6.01. The Morgan fingerprint density at radius 3 is 2.76 bits per heavy atom. The van der Waals surface area contributed by atoms with E-state index in [-0.39, 0.29) is 6.04 Å². The molecule has 0 amide bonds. The van der Waals surface area contributed by atoms with Gasteiger partial charge in [-0.25, -0.2) is 0 Å². The van der Waals surface area contributed by atoms with Crippen molar-refractivity contribution in [1.29, 1.82) is 0 Å². The summed E-state index contributed by atoms with van der Waals surface area (Å²) in [7, 11) is 1.97. The van der Waals surface area contributed by atoms with Crippen LogP contribution in [0.25, 0.3) is 0 Å². The number of aromatic nitrogens is 2. The quantitative estimate of drug-likeness (QED) is 0.924. The molecule has 1 atom stereocenters. The molecule has 1 unspecified atom stereocenters. The number of thiophene rings is 1. The monoisotopic (exact) mass is 269 g/mol. The van der Waals surface area contributed by atoms with Gasteiger partial charge in [-0.1, -0.05) is 18.5 Å². The molecular formula is C12H16ClN3S. The molecule has 0 fully saturated rings. The first-order chi connectivity index (χ1) is 8.11. The maximum Gasteiger partial charge on any atom is 0.0931 e. The Hall–Kier alpha value is -0.840. The van der Waals surface area contributed by atoms with Crippen LogP contribution in [0, 0.1) is 6.92 Å². The highest BCUT2D eigenvalue weighted by molar-refractivity contribution is 7.16. The lowest BCUT2D eigenvalue weighted by molar-refractivity contribution is 0.578. The highest BCUT2D eigenvalue weighted by Crippen LogP contribution is 2.31. The average molecular weight is 270 g/mol. The van der Waals surface area contributed by atoms with Crippen LogP contribution in [-0.2, 0) is 7.05 Å². The molecule has 0 saturated carbocycles. The van der Waals surface area contributed by atoms with Gasteiger partial charge in [-0.05, 0) is 31.7 Å². The molecule has 5 heteroatoms. The molecule has 0 saturated heterocycles. The minimum Gasteiger partial charge on any atom is -0.305 e. The number of halogens is 1. The fourth-order valence-corrected chi connectivity index (χ4v) is 3.09. The van der Waals surface area contributed by atoms with Gasteiger partial charge in [0.15, 0.2) is 0 Å². The van der Waals surface area contributed by atoms with E-state index in [1.807, 2.05) is 24.7 Å². The Morgan fingerprint density at radius 2 is 2.29 bits per heavy atom. The highest BCUT2D eigenvalue weighted by atomic mass is 35.5. The van der Waals surface area contributed by atoms with Crippen molar-refractivity contribution in [3.63, 3.8) is 0 Å². The van der Waals surface area contributed by atoms with Gasteiger partial charge < -0.3 is 5.32 Å². The molecular weight excluding hydrogens is 254 g/mol. The van der Waals surface area contributed by atoms with E-state index in [4.69, 9.17) is 11.6 Å². The summed E-state index contributed by atoms with van der Waals surface area (Å²) in [6.07, 6.45) is 0. The van der Waals surface area contributed by atoms with Gasteiger partial charge in [0.2, 0.25) is 0 Å². The summed E-state index contributed by atoms with van der Waals surface area (Å²) in [4.78, 5) is 1.22. The summed E-state index contributed by atoms with van der Waals surface area (Å²) in [5.74, 6) is 0.